The van der Waals surface area contributed by atoms with E-state index in [1.165, 1.54) is 24.0 Å². The van der Waals surface area contributed by atoms with Crippen molar-refractivity contribution >= 4 is 0 Å². The van der Waals surface area contributed by atoms with Crippen molar-refractivity contribution in [1.82, 2.24) is 15.0 Å². The zero-order valence-corrected chi connectivity index (χ0v) is 14.3. The minimum atomic E-state index is 0.711. The average Bonchev–Trinajstić information content (AvgIpc) is 3.35. The first-order valence-corrected chi connectivity index (χ1v) is 8.97. The van der Waals surface area contributed by atoms with Gasteiger partial charge in [-0.3, -0.25) is 4.90 Å². The molecule has 1 aromatic heterocycles. The van der Waals surface area contributed by atoms with Gasteiger partial charge in [0.25, 0.3) is 0 Å². The molecule has 1 saturated carbocycles. The maximum atomic E-state index is 5.50. The fourth-order valence-electron chi connectivity index (χ4n) is 3.09. The summed E-state index contributed by atoms with van der Waals surface area (Å²) < 4.78 is 5.50. The van der Waals surface area contributed by atoms with Gasteiger partial charge in [0.05, 0.1) is 6.54 Å². The molecule has 0 amide bonds. The van der Waals surface area contributed by atoms with Crippen LogP contribution in [0.15, 0.2) is 65.2 Å². The van der Waals surface area contributed by atoms with E-state index in [0.29, 0.717) is 18.9 Å². The molecule has 0 saturated heterocycles. The molecule has 1 fully saturated rings. The summed E-state index contributed by atoms with van der Waals surface area (Å²) in [6.07, 6.45) is 3.40. The Labute approximate surface area is 148 Å². The van der Waals surface area contributed by atoms with Crippen molar-refractivity contribution in [3.8, 4) is 0 Å². The van der Waals surface area contributed by atoms with Crippen LogP contribution in [0.2, 0.25) is 0 Å². The second-order valence-electron chi connectivity index (χ2n) is 6.87. The van der Waals surface area contributed by atoms with Crippen molar-refractivity contribution in [2.75, 3.05) is 6.54 Å². The molecular weight excluding hydrogens is 310 g/mol. The van der Waals surface area contributed by atoms with Crippen LogP contribution in [-0.2, 0) is 19.5 Å². The Bertz CT molecular complexity index is 781. The Morgan fingerprint density at radius 3 is 2.24 bits per heavy atom. The minimum absolute atomic E-state index is 0.711. The predicted molar refractivity (Wildman–Crippen MR) is 96.8 cm³/mol. The standard InChI is InChI=1S/C21H23N3O/c1-3-7-17(8-4-1)13-20-22-21(25-23-20)16-24(15-19-11-12-19)14-18-9-5-2-6-10-18/h1-10,19H,11-16H2. The highest BCUT2D eigenvalue weighted by Crippen LogP contribution is 2.30. The van der Waals surface area contributed by atoms with E-state index in [2.05, 4.69) is 57.5 Å². The maximum absolute atomic E-state index is 5.50. The lowest BCUT2D eigenvalue weighted by Crippen LogP contribution is -2.25. The van der Waals surface area contributed by atoms with Crippen LogP contribution in [-0.4, -0.2) is 21.6 Å². The summed E-state index contributed by atoms with van der Waals surface area (Å²) in [5.74, 6) is 2.30. The fraction of sp³-hybridized carbons (Fsp3) is 0.333. The number of benzene rings is 2. The maximum Gasteiger partial charge on any atom is 0.240 e. The molecule has 0 unspecified atom stereocenters. The SMILES string of the molecule is c1ccc(Cc2noc(CN(Cc3ccccc3)CC3CC3)n2)cc1. The lowest BCUT2D eigenvalue weighted by molar-refractivity contribution is 0.211. The first-order chi connectivity index (χ1) is 12.3. The number of nitrogens with zero attached hydrogens (tertiary/aromatic N) is 3. The van der Waals surface area contributed by atoms with Crippen LogP contribution in [0.4, 0.5) is 0 Å². The van der Waals surface area contributed by atoms with Crippen molar-refractivity contribution < 1.29 is 4.52 Å². The van der Waals surface area contributed by atoms with Crippen LogP contribution in [0, 0.1) is 5.92 Å². The molecule has 4 heteroatoms. The highest BCUT2D eigenvalue weighted by atomic mass is 16.5. The molecule has 0 radical (unpaired) electrons. The molecule has 1 heterocycles. The summed E-state index contributed by atoms with van der Waals surface area (Å²) in [5, 5.41) is 4.15. The summed E-state index contributed by atoms with van der Waals surface area (Å²) in [5.41, 5.74) is 2.53. The van der Waals surface area contributed by atoms with Crippen molar-refractivity contribution in [1.29, 1.82) is 0 Å². The summed E-state index contributed by atoms with van der Waals surface area (Å²) in [6, 6.07) is 20.9. The van der Waals surface area contributed by atoms with Crippen LogP contribution in [0.5, 0.6) is 0 Å². The predicted octanol–water partition coefficient (Wildman–Crippen LogP) is 4.07. The van der Waals surface area contributed by atoms with Gasteiger partial charge in [0.2, 0.25) is 5.89 Å². The molecule has 1 aliphatic carbocycles. The largest absolute Gasteiger partial charge is 0.338 e. The van der Waals surface area contributed by atoms with Crippen LogP contribution in [0.3, 0.4) is 0 Å². The Morgan fingerprint density at radius 2 is 1.56 bits per heavy atom. The zero-order valence-electron chi connectivity index (χ0n) is 14.3. The van der Waals surface area contributed by atoms with Gasteiger partial charge >= 0.3 is 0 Å². The van der Waals surface area contributed by atoms with Crippen LogP contribution in [0.1, 0.15) is 35.7 Å². The van der Waals surface area contributed by atoms with E-state index in [-0.39, 0.29) is 0 Å². The van der Waals surface area contributed by atoms with Gasteiger partial charge in [0, 0.05) is 19.5 Å². The number of hydrogen-bond donors (Lipinski definition) is 0. The monoisotopic (exact) mass is 333 g/mol. The molecule has 0 aliphatic heterocycles. The Hall–Kier alpha value is -2.46. The highest BCUT2D eigenvalue weighted by molar-refractivity contribution is 5.18. The molecule has 0 bridgehead atoms. The van der Waals surface area contributed by atoms with Crippen LogP contribution in [0.25, 0.3) is 0 Å². The van der Waals surface area contributed by atoms with Crippen molar-refractivity contribution in [3.63, 3.8) is 0 Å². The third-order valence-electron chi connectivity index (χ3n) is 4.54. The van der Waals surface area contributed by atoms with Crippen LogP contribution < -0.4 is 0 Å². The van der Waals surface area contributed by atoms with Gasteiger partial charge in [-0.05, 0) is 29.9 Å². The van der Waals surface area contributed by atoms with E-state index in [9.17, 15) is 0 Å². The summed E-state index contributed by atoms with van der Waals surface area (Å²) in [4.78, 5) is 7.02. The van der Waals surface area contributed by atoms with E-state index in [4.69, 9.17) is 4.52 Å². The first-order valence-electron chi connectivity index (χ1n) is 8.97. The number of hydrogen-bond acceptors (Lipinski definition) is 4. The molecule has 1 aliphatic rings. The van der Waals surface area contributed by atoms with Gasteiger partial charge in [-0.15, -0.1) is 0 Å². The second-order valence-corrected chi connectivity index (χ2v) is 6.87. The van der Waals surface area contributed by atoms with E-state index >= 15 is 0 Å². The molecule has 4 nitrogen and oxygen atoms in total. The smallest absolute Gasteiger partial charge is 0.240 e. The fourth-order valence-corrected chi connectivity index (χ4v) is 3.09. The van der Waals surface area contributed by atoms with Gasteiger partial charge in [0.15, 0.2) is 5.82 Å². The lowest BCUT2D eigenvalue weighted by Gasteiger charge is -2.20. The molecular formula is C21H23N3O. The molecule has 0 N–H and O–H groups in total. The molecule has 4 rings (SSSR count). The molecule has 0 spiro atoms. The molecule has 3 aromatic rings. The quantitative estimate of drug-likeness (QED) is 0.623. The Kier molecular flexibility index (Phi) is 4.89. The minimum Gasteiger partial charge on any atom is -0.338 e. The topological polar surface area (TPSA) is 42.2 Å². The van der Waals surface area contributed by atoms with Crippen LogP contribution >= 0.6 is 0 Å². The van der Waals surface area contributed by atoms with E-state index < -0.39 is 0 Å². The van der Waals surface area contributed by atoms with E-state index in [1.807, 2.05) is 18.2 Å². The number of rotatable bonds is 8. The van der Waals surface area contributed by atoms with Gasteiger partial charge < -0.3 is 4.52 Å². The Balaban J connectivity index is 1.41. The molecule has 0 atom stereocenters. The third kappa shape index (κ3) is 4.77. The lowest BCUT2D eigenvalue weighted by atomic mass is 10.1. The first kappa shape index (κ1) is 16.0. The summed E-state index contributed by atoms with van der Waals surface area (Å²) >= 11 is 0. The summed E-state index contributed by atoms with van der Waals surface area (Å²) in [6.45, 7) is 2.74. The second kappa shape index (κ2) is 7.62. The normalized spacial score (nSPS) is 14.1. The van der Waals surface area contributed by atoms with E-state index in [1.54, 1.807) is 0 Å². The van der Waals surface area contributed by atoms with Gasteiger partial charge in [-0.2, -0.15) is 4.98 Å². The summed E-state index contributed by atoms with van der Waals surface area (Å²) in [7, 11) is 0. The van der Waals surface area contributed by atoms with Gasteiger partial charge in [-0.1, -0.05) is 65.8 Å². The van der Waals surface area contributed by atoms with Gasteiger partial charge in [0.1, 0.15) is 0 Å². The highest BCUT2D eigenvalue weighted by Gasteiger charge is 2.25. The molecule has 2 aromatic carbocycles. The zero-order chi connectivity index (χ0) is 16.9. The van der Waals surface area contributed by atoms with Gasteiger partial charge in [-0.25, -0.2) is 0 Å². The average molecular weight is 333 g/mol. The van der Waals surface area contributed by atoms with Crippen molar-refractivity contribution in [2.45, 2.75) is 32.4 Å². The Morgan fingerprint density at radius 1 is 0.880 bits per heavy atom. The van der Waals surface area contributed by atoms with Crippen molar-refractivity contribution in [3.05, 3.63) is 83.5 Å². The van der Waals surface area contributed by atoms with Crippen molar-refractivity contribution in [2.24, 2.45) is 5.92 Å². The third-order valence-corrected chi connectivity index (χ3v) is 4.54. The molecule has 25 heavy (non-hydrogen) atoms. The van der Waals surface area contributed by atoms with E-state index in [0.717, 1.165) is 24.8 Å². The number of aromatic nitrogens is 2. The molecule has 128 valence electrons.